The quantitative estimate of drug-likeness (QED) is 0.151. The molecule has 0 N–H and O–H groups in total. The Morgan fingerprint density at radius 2 is 1.02 bits per heavy atom. The Labute approximate surface area is 283 Å². The first-order valence-corrected chi connectivity index (χ1v) is 14.9. The van der Waals surface area contributed by atoms with Crippen LogP contribution in [0.5, 0.6) is 0 Å². The van der Waals surface area contributed by atoms with Crippen LogP contribution < -0.4 is 35.3 Å². The first-order valence-electron chi connectivity index (χ1n) is 13.6. The van der Waals surface area contributed by atoms with Gasteiger partial charge in [0.1, 0.15) is 0 Å². The molecule has 0 bridgehead atoms. The number of fused-ring (bicyclic) bond motifs is 2. The van der Waals surface area contributed by atoms with Crippen LogP contribution in [0, 0.1) is 39.5 Å². The largest absolute Gasteiger partial charge is 1.00 e. The van der Waals surface area contributed by atoms with E-state index in [4.69, 9.17) is 0 Å². The third kappa shape index (κ3) is 5.27. The number of hydrogen-bond donors (Lipinski definition) is 0. The molecule has 2 aliphatic rings. The zero-order valence-electron chi connectivity index (χ0n) is 23.2. The standard InChI is InChI=1S/C37H20F5.2ClH.Zr/c38-33-32(34(39)36(41)37(42)35(33)40)27-17-9-16-26(27)31-28(19-18-25-24-15-8-7-14-23(24)20-29(25)31)30(21-10-3-1-4-11-21)22-12-5-2-6-13-22;;;/h1-15,17-19H,16H2;2*1H;/q;;;+2/p-2. The smallest absolute Gasteiger partial charge is 1.00 e. The molecular weight excluding hydrogens is 702 g/mol. The summed E-state index contributed by atoms with van der Waals surface area (Å²) in [5, 5.41) is 3.89. The summed E-state index contributed by atoms with van der Waals surface area (Å²) in [5.41, 5.74) is 3.99. The van der Waals surface area contributed by atoms with Crippen molar-refractivity contribution in [2.75, 3.05) is 0 Å². The first-order chi connectivity index (χ1) is 20.9. The molecule has 0 unspecified atom stereocenters. The van der Waals surface area contributed by atoms with Gasteiger partial charge in [-0.2, -0.15) is 0 Å². The third-order valence-corrected chi connectivity index (χ3v) is 9.33. The van der Waals surface area contributed by atoms with Crippen molar-refractivity contribution in [1.29, 1.82) is 0 Å². The van der Waals surface area contributed by atoms with E-state index in [1.165, 1.54) is 6.08 Å². The van der Waals surface area contributed by atoms with E-state index in [1.54, 1.807) is 6.08 Å². The van der Waals surface area contributed by atoms with Gasteiger partial charge in [0.05, 0.1) is 0 Å². The van der Waals surface area contributed by atoms with Crippen LogP contribution in [0.3, 0.4) is 0 Å². The molecular formula is C37H20Cl2F5Zr. The molecule has 0 aliphatic heterocycles. The molecule has 5 aromatic rings. The van der Waals surface area contributed by atoms with Gasteiger partial charge in [0.15, 0.2) is 0 Å². The fourth-order valence-electron chi connectivity index (χ4n) is 6.18. The summed E-state index contributed by atoms with van der Waals surface area (Å²) in [5.74, 6) is -9.76. The molecule has 5 aromatic carbocycles. The number of halogens is 7. The molecule has 0 saturated carbocycles. The van der Waals surface area contributed by atoms with E-state index in [-0.39, 0.29) is 36.8 Å². The first kappa shape index (κ1) is 32.8. The van der Waals surface area contributed by atoms with Gasteiger partial charge in [-0.05, 0) is 0 Å². The molecule has 0 radical (unpaired) electrons. The van der Waals surface area contributed by atoms with Crippen molar-refractivity contribution in [3.05, 3.63) is 187 Å². The average Bonchev–Trinajstić information content (AvgIpc) is 3.63. The van der Waals surface area contributed by atoms with Gasteiger partial charge in [-0.1, -0.05) is 0 Å². The third-order valence-electron chi connectivity index (χ3n) is 8.05. The second-order valence-corrected chi connectivity index (χ2v) is 11.6. The molecule has 8 heteroatoms. The molecule has 0 saturated heterocycles. The van der Waals surface area contributed by atoms with Crippen LogP contribution in [0.1, 0.15) is 34.2 Å². The van der Waals surface area contributed by atoms with Gasteiger partial charge >= 0.3 is 260 Å². The number of hydrogen-bond acceptors (Lipinski definition) is 0. The van der Waals surface area contributed by atoms with Crippen molar-refractivity contribution >= 4 is 20.0 Å². The Balaban J connectivity index is 0.00000200. The minimum Gasteiger partial charge on any atom is -1.00 e. The Hall–Kier alpha value is -3.57. The molecule has 221 valence electrons. The molecule has 0 atom stereocenters. The topological polar surface area (TPSA) is 0 Å². The van der Waals surface area contributed by atoms with E-state index in [0.717, 1.165) is 76.7 Å². The van der Waals surface area contributed by atoms with Crippen molar-refractivity contribution in [3.8, 4) is 0 Å². The van der Waals surface area contributed by atoms with Gasteiger partial charge in [-0.3, -0.25) is 0 Å². The zero-order chi connectivity index (χ0) is 29.8. The van der Waals surface area contributed by atoms with Crippen molar-refractivity contribution in [1.82, 2.24) is 0 Å². The van der Waals surface area contributed by atoms with Gasteiger partial charge in [-0.15, -0.1) is 0 Å². The van der Waals surface area contributed by atoms with Gasteiger partial charge in [0.2, 0.25) is 0 Å². The van der Waals surface area contributed by atoms with Crippen LogP contribution in [0.25, 0.3) is 20.0 Å². The van der Waals surface area contributed by atoms with E-state index >= 15 is 8.78 Å². The average molecular weight is 722 g/mol. The molecule has 0 amide bonds. The fraction of sp³-hybridized carbons (Fsp3) is 0.0270. The van der Waals surface area contributed by atoms with Crippen LogP contribution in [-0.4, -0.2) is 0 Å². The van der Waals surface area contributed by atoms with Crippen molar-refractivity contribution < 1.29 is 71.5 Å². The second-order valence-electron chi connectivity index (χ2n) is 10.4. The number of benzene rings is 5. The van der Waals surface area contributed by atoms with E-state index in [2.05, 4.69) is 6.07 Å². The summed E-state index contributed by atoms with van der Waals surface area (Å²) in [6.45, 7) is 0. The maximum absolute atomic E-state index is 15.3. The molecule has 2 aliphatic carbocycles. The Kier molecular flexibility index (Phi) is 9.51. The van der Waals surface area contributed by atoms with E-state index in [0.29, 0.717) is 5.57 Å². The summed E-state index contributed by atoms with van der Waals surface area (Å²) >= 11 is 1.13. The monoisotopic (exact) mass is 719 g/mol. The van der Waals surface area contributed by atoms with Gasteiger partial charge in [0, 0.05) is 0 Å². The normalized spacial score (nSPS) is 12.9. The summed E-state index contributed by atoms with van der Waals surface area (Å²) in [4.78, 5) is 0. The number of allylic oxidation sites excluding steroid dienone is 4. The summed E-state index contributed by atoms with van der Waals surface area (Å²) in [6, 6.07) is 31.7. The molecule has 7 rings (SSSR count). The Morgan fingerprint density at radius 1 is 0.511 bits per heavy atom. The molecule has 45 heavy (non-hydrogen) atoms. The van der Waals surface area contributed by atoms with E-state index < -0.39 is 34.6 Å². The molecule has 0 nitrogen and oxygen atoms in total. The molecule has 0 spiro atoms. The maximum Gasteiger partial charge on any atom is -1.00 e. The minimum atomic E-state index is -2.17. The summed E-state index contributed by atoms with van der Waals surface area (Å²) in [6.07, 6.45) is 3.43. The van der Waals surface area contributed by atoms with Crippen LogP contribution in [0.4, 0.5) is 22.0 Å². The zero-order valence-corrected chi connectivity index (χ0v) is 27.2. The molecule has 0 fully saturated rings. The summed E-state index contributed by atoms with van der Waals surface area (Å²) < 4.78 is 74.7. The predicted octanol–water partition coefficient (Wildman–Crippen LogP) is 1.81. The number of rotatable bonds is 4. The van der Waals surface area contributed by atoms with E-state index in [1.807, 2.05) is 91.0 Å². The predicted molar refractivity (Wildman–Crippen MR) is 154 cm³/mol. The van der Waals surface area contributed by atoms with Crippen molar-refractivity contribution in [2.24, 2.45) is 0 Å². The van der Waals surface area contributed by atoms with Crippen molar-refractivity contribution in [2.45, 2.75) is 6.42 Å². The van der Waals surface area contributed by atoms with Gasteiger partial charge < -0.3 is 24.8 Å². The molecule has 0 heterocycles. The van der Waals surface area contributed by atoms with E-state index in [9.17, 15) is 13.2 Å². The molecule has 0 aromatic heterocycles. The van der Waals surface area contributed by atoms with Gasteiger partial charge in [0.25, 0.3) is 0 Å². The fourth-order valence-corrected chi connectivity index (χ4v) is 7.36. The van der Waals surface area contributed by atoms with Crippen LogP contribution in [-0.2, 0) is 24.7 Å². The van der Waals surface area contributed by atoms with Crippen molar-refractivity contribution in [3.63, 3.8) is 0 Å². The SMILES string of the molecule is Fc1c(F)c(F)c(C2=C(c3c4c(ccc3=C(c3ccccc3)c3ccccc3)=c3ccccc3=[C]4[Zr+2])CC=C2)c(F)c1F.[Cl-].[Cl-]. The summed E-state index contributed by atoms with van der Waals surface area (Å²) in [7, 11) is 0. The van der Waals surface area contributed by atoms with Crippen LogP contribution in [0.15, 0.2) is 109 Å². The van der Waals surface area contributed by atoms with Crippen LogP contribution >= 0.6 is 0 Å². The minimum absolute atomic E-state index is 0. The van der Waals surface area contributed by atoms with Gasteiger partial charge in [-0.25, -0.2) is 0 Å². The Bertz CT molecular complexity index is 2190. The Morgan fingerprint density at radius 3 is 1.60 bits per heavy atom. The van der Waals surface area contributed by atoms with Crippen LogP contribution in [0.2, 0.25) is 0 Å². The maximum atomic E-state index is 15.3. The second kappa shape index (κ2) is 13.0.